The molecule has 0 aliphatic heterocycles. The number of rotatable bonds is 8. The molecule has 0 fully saturated rings. The Bertz CT molecular complexity index is 748. The molecule has 148 valence electrons. The van der Waals surface area contributed by atoms with Crippen molar-refractivity contribution in [2.45, 2.75) is 47.0 Å². The summed E-state index contributed by atoms with van der Waals surface area (Å²) in [5.41, 5.74) is 3.52. The summed E-state index contributed by atoms with van der Waals surface area (Å²) in [7, 11) is 1.80. The summed E-state index contributed by atoms with van der Waals surface area (Å²) in [5.74, 6) is 1.74. The second-order valence-electron chi connectivity index (χ2n) is 7.73. The van der Waals surface area contributed by atoms with Gasteiger partial charge in [0.15, 0.2) is 5.96 Å². The fourth-order valence-corrected chi connectivity index (χ4v) is 3.35. The molecule has 0 amide bonds. The van der Waals surface area contributed by atoms with Gasteiger partial charge in [-0.1, -0.05) is 42.7 Å². The minimum Gasteiger partial charge on any atom is -0.361 e. The van der Waals surface area contributed by atoms with Crippen molar-refractivity contribution in [3.05, 3.63) is 51.9 Å². The van der Waals surface area contributed by atoms with Gasteiger partial charge in [0.25, 0.3) is 0 Å². The molecule has 0 aliphatic carbocycles. The predicted octanol–water partition coefficient (Wildman–Crippen LogP) is 4.31. The fourth-order valence-electron chi connectivity index (χ4n) is 3.14. The highest BCUT2D eigenvalue weighted by molar-refractivity contribution is 6.30. The second kappa shape index (κ2) is 9.79. The molecule has 0 bridgehead atoms. The zero-order valence-corrected chi connectivity index (χ0v) is 17.8. The first-order valence-corrected chi connectivity index (χ1v) is 9.79. The van der Waals surface area contributed by atoms with E-state index in [1.165, 1.54) is 11.1 Å². The van der Waals surface area contributed by atoms with E-state index in [-0.39, 0.29) is 5.41 Å². The average molecular weight is 391 g/mol. The van der Waals surface area contributed by atoms with Crippen molar-refractivity contribution in [3.63, 3.8) is 0 Å². The molecule has 0 saturated heterocycles. The molecule has 2 rings (SSSR count). The number of nitrogens with one attached hydrogen (secondary N) is 2. The topological polar surface area (TPSA) is 62.5 Å². The van der Waals surface area contributed by atoms with Crippen LogP contribution in [0.2, 0.25) is 5.02 Å². The van der Waals surface area contributed by atoms with E-state index < -0.39 is 0 Å². The number of guanidine groups is 1. The van der Waals surface area contributed by atoms with Crippen LogP contribution in [0, 0.1) is 19.3 Å². The molecule has 1 heterocycles. The quantitative estimate of drug-likeness (QED) is 0.400. The highest BCUT2D eigenvalue weighted by atomic mass is 35.5. The Balaban J connectivity index is 1.75. The zero-order chi connectivity index (χ0) is 19.9. The fraction of sp³-hybridized carbons (Fsp3) is 0.524. The molecule has 0 atom stereocenters. The smallest absolute Gasteiger partial charge is 0.190 e. The number of halogens is 1. The summed E-state index contributed by atoms with van der Waals surface area (Å²) < 4.78 is 5.21. The van der Waals surface area contributed by atoms with Gasteiger partial charge in [-0.2, -0.15) is 0 Å². The van der Waals surface area contributed by atoms with Crippen molar-refractivity contribution in [2.75, 3.05) is 20.1 Å². The van der Waals surface area contributed by atoms with Crippen molar-refractivity contribution in [3.8, 4) is 0 Å². The van der Waals surface area contributed by atoms with Gasteiger partial charge in [-0.25, -0.2) is 0 Å². The van der Waals surface area contributed by atoms with E-state index in [1.54, 1.807) is 7.05 Å². The monoisotopic (exact) mass is 390 g/mol. The molecule has 0 unspecified atom stereocenters. The minimum absolute atomic E-state index is 0.0823. The third kappa shape index (κ3) is 6.90. The maximum atomic E-state index is 6.10. The summed E-state index contributed by atoms with van der Waals surface area (Å²) in [6.07, 6.45) is 2.89. The van der Waals surface area contributed by atoms with E-state index in [0.29, 0.717) is 0 Å². The highest BCUT2D eigenvalue weighted by Crippen LogP contribution is 2.22. The van der Waals surface area contributed by atoms with Gasteiger partial charge in [-0.05, 0) is 56.2 Å². The van der Waals surface area contributed by atoms with Crippen LogP contribution in [0.15, 0.2) is 33.8 Å². The van der Waals surface area contributed by atoms with Crippen molar-refractivity contribution >= 4 is 17.6 Å². The lowest BCUT2D eigenvalue weighted by atomic mass is 9.86. The van der Waals surface area contributed by atoms with Crippen LogP contribution in [-0.2, 0) is 12.8 Å². The molecule has 1 aromatic heterocycles. The zero-order valence-electron chi connectivity index (χ0n) is 17.0. The summed E-state index contributed by atoms with van der Waals surface area (Å²) in [6, 6.07) is 8.06. The number of aromatic nitrogens is 1. The van der Waals surface area contributed by atoms with Crippen LogP contribution in [0.4, 0.5) is 0 Å². The number of nitrogens with zero attached hydrogens (tertiary/aromatic N) is 2. The Morgan fingerprint density at radius 1 is 1.26 bits per heavy atom. The van der Waals surface area contributed by atoms with Crippen LogP contribution >= 0.6 is 11.6 Å². The molecular formula is C21H31ClN4O. The lowest BCUT2D eigenvalue weighted by Gasteiger charge is -2.26. The largest absolute Gasteiger partial charge is 0.361 e. The van der Waals surface area contributed by atoms with Crippen LogP contribution in [0.25, 0.3) is 0 Å². The standard InChI is InChI=1S/C21H31ClN4O/c1-15-19(16(2)27-26-15)10-7-11-24-20(23-5)25-14-21(3,4)13-17-8-6-9-18(22)12-17/h6,8-9,12H,7,10-11,13-14H2,1-5H3,(H2,23,24,25). The Kier molecular flexibility index (Phi) is 7.72. The SMILES string of the molecule is CN=C(NCCCc1c(C)noc1C)NCC(C)(C)Cc1cccc(Cl)c1. The molecule has 1 aromatic carbocycles. The van der Waals surface area contributed by atoms with Crippen LogP contribution < -0.4 is 10.6 Å². The van der Waals surface area contributed by atoms with E-state index in [0.717, 1.165) is 54.8 Å². The van der Waals surface area contributed by atoms with Crippen molar-refractivity contribution in [1.82, 2.24) is 15.8 Å². The van der Waals surface area contributed by atoms with E-state index in [9.17, 15) is 0 Å². The summed E-state index contributed by atoms with van der Waals surface area (Å²) in [6.45, 7) is 10.1. The summed E-state index contributed by atoms with van der Waals surface area (Å²) in [5, 5.41) is 11.6. The maximum absolute atomic E-state index is 6.10. The van der Waals surface area contributed by atoms with E-state index >= 15 is 0 Å². The van der Waals surface area contributed by atoms with Gasteiger partial charge in [-0.3, -0.25) is 4.99 Å². The first-order chi connectivity index (χ1) is 12.8. The summed E-state index contributed by atoms with van der Waals surface area (Å²) >= 11 is 6.10. The lowest BCUT2D eigenvalue weighted by molar-refractivity contribution is 0.359. The molecule has 0 aliphatic rings. The third-order valence-corrected chi connectivity index (χ3v) is 4.84. The van der Waals surface area contributed by atoms with Crippen LogP contribution in [0.3, 0.4) is 0 Å². The normalized spacial score (nSPS) is 12.3. The van der Waals surface area contributed by atoms with E-state index in [1.807, 2.05) is 32.0 Å². The lowest BCUT2D eigenvalue weighted by Crippen LogP contribution is -2.43. The minimum atomic E-state index is 0.0823. The van der Waals surface area contributed by atoms with Gasteiger partial charge in [0.05, 0.1) is 5.69 Å². The second-order valence-corrected chi connectivity index (χ2v) is 8.17. The number of hydrogen-bond acceptors (Lipinski definition) is 3. The Morgan fingerprint density at radius 3 is 2.67 bits per heavy atom. The molecule has 5 nitrogen and oxygen atoms in total. The number of aliphatic imine (C=N–C) groups is 1. The maximum Gasteiger partial charge on any atom is 0.190 e. The molecule has 27 heavy (non-hydrogen) atoms. The molecule has 0 saturated carbocycles. The number of benzene rings is 1. The highest BCUT2D eigenvalue weighted by Gasteiger charge is 2.19. The van der Waals surface area contributed by atoms with E-state index in [2.05, 4.69) is 40.7 Å². The van der Waals surface area contributed by atoms with Crippen molar-refractivity contribution in [2.24, 2.45) is 10.4 Å². The molecule has 2 N–H and O–H groups in total. The van der Waals surface area contributed by atoms with Gasteiger partial charge >= 0.3 is 0 Å². The Labute approximate surface area is 167 Å². The van der Waals surface area contributed by atoms with Crippen LogP contribution in [-0.4, -0.2) is 31.3 Å². The van der Waals surface area contributed by atoms with Crippen molar-refractivity contribution in [1.29, 1.82) is 0 Å². The first kappa shape index (κ1) is 21.3. The average Bonchev–Trinajstić information content (AvgIpc) is 2.92. The first-order valence-electron chi connectivity index (χ1n) is 9.41. The van der Waals surface area contributed by atoms with Gasteiger partial charge in [0.2, 0.25) is 0 Å². The van der Waals surface area contributed by atoms with Gasteiger partial charge in [0, 0.05) is 30.7 Å². The third-order valence-electron chi connectivity index (χ3n) is 4.61. The molecular weight excluding hydrogens is 360 g/mol. The molecule has 6 heteroatoms. The Morgan fingerprint density at radius 2 is 2.04 bits per heavy atom. The van der Waals surface area contributed by atoms with Gasteiger partial charge in [0.1, 0.15) is 5.76 Å². The number of aryl methyl sites for hydroxylation is 2. The predicted molar refractivity (Wildman–Crippen MR) is 113 cm³/mol. The van der Waals surface area contributed by atoms with Crippen LogP contribution in [0.1, 0.15) is 42.8 Å². The summed E-state index contributed by atoms with van der Waals surface area (Å²) in [4.78, 5) is 4.32. The van der Waals surface area contributed by atoms with Crippen molar-refractivity contribution < 1.29 is 4.52 Å². The Hall–Kier alpha value is -2.01. The van der Waals surface area contributed by atoms with E-state index in [4.69, 9.17) is 16.1 Å². The molecule has 2 aromatic rings. The van der Waals surface area contributed by atoms with Gasteiger partial charge in [-0.15, -0.1) is 0 Å². The van der Waals surface area contributed by atoms with Gasteiger partial charge < -0.3 is 15.2 Å². The molecule has 0 radical (unpaired) electrons. The van der Waals surface area contributed by atoms with Crippen LogP contribution in [0.5, 0.6) is 0 Å². The molecule has 0 spiro atoms. The number of hydrogen-bond donors (Lipinski definition) is 2.